The molecule has 2 rings (SSSR count). The molecule has 0 bridgehead atoms. The van der Waals surface area contributed by atoms with Crippen molar-refractivity contribution >= 4 is 17.7 Å². The molecule has 1 amide bonds. The van der Waals surface area contributed by atoms with Crippen LogP contribution in [0.5, 0.6) is 0 Å². The maximum absolute atomic E-state index is 13.0. The molecule has 1 spiro atoms. The normalized spacial score (nSPS) is 26.2. The molecule has 1 unspecified atom stereocenters. The third-order valence-electron chi connectivity index (χ3n) is 4.74. The van der Waals surface area contributed by atoms with E-state index < -0.39 is 0 Å². The summed E-state index contributed by atoms with van der Waals surface area (Å²) >= 11 is 1.85. The molecule has 2 aliphatic rings. The first-order chi connectivity index (χ1) is 9.30. The van der Waals surface area contributed by atoms with Gasteiger partial charge in [-0.1, -0.05) is 26.7 Å². The number of carbonyl (C=O) groups excluding carboxylic acids is 1. The van der Waals surface area contributed by atoms with E-state index in [1.54, 1.807) is 0 Å². The fraction of sp³-hybridized carbons (Fsp3) is 0.938. The summed E-state index contributed by atoms with van der Waals surface area (Å²) in [6, 6.07) is 0. The highest BCUT2D eigenvalue weighted by atomic mass is 32.2. The molecule has 1 N–H and O–H groups in total. The number of hydrogen-bond acceptors (Lipinski definition) is 3. The summed E-state index contributed by atoms with van der Waals surface area (Å²) in [4.78, 5) is 15.1. The van der Waals surface area contributed by atoms with E-state index in [4.69, 9.17) is 0 Å². The number of hydrogen-bond donors (Lipinski definition) is 1. The summed E-state index contributed by atoms with van der Waals surface area (Å²) in [7, 11) is 0. The number of nitrogens with zero attached hydrogens (tertiary/aromatic N) is 1. The predicted molar refractivity (Wildman–Crippen MR) is 86.9 cm³/mol. The molecule has 1 saturated heterocycles. The van der Waals surface area contributed by atoms with Crippen molar-refractivity contribution in [3.8, 4) is 0 Å². The zero-order chi connectivity index (χ0) is 15.0. The van der Waals surface area contributed by atoms with Crippen molar-refractivity contribution in [3.63, 3.8) is 0 Å². The van der Waals surface area contributed by atoms with Crippen LogP contribution >= 0.6 is 11.8 Å². The second kappa shape index (κ2) is 5.88. The Hall–Kier alpha value is -0.220. The Kier molecular flexibility index (Phi) is 4.75. The number of nitrogens with one attached hydrogen (secondary N) is 1. The van der Waals surface area contributed by atoms with Crippen LogP contribution in [0.4, 0.5) is 0 Å². The Bertz CT molecular complexity index is 361. The second-order valence-corrected chi connectivity index (χ2v) is 8.99. The van der Waals surface area contributed by atoms with Gasteiger partial charge in [-0.15, -0.1) is 0 Å². The quantitative estimate of drug-likeness (QED) is 0.845. The van der Waals surface area contributed by atoms with Crippen molar-refractivity contribution in [2.75, 3.05) is 12.8 Å². The van der Waals surface area contributed by atoms with E-state index in [0.717, 1.165) is 25.8 Å². The van der Waals surface area contributed by atoms with Crippen molar-refractivity contribution in [2.24, 2.45) is 5.92 Å². The van der Waals surface area contributed by atoms with Gasteiger partial charge in [-0.05, 0) is 45.3 Å². The standard InChI is InChI=1S/C16H30N2OS/c1-12(2)10-13-17-16(8-6-7-9-16)14(19)18(13)11-15(3,4)20-5/h12-13,17H,6-11H2,1-5H3. The lowest BCUT2D eigenvalue weighted by molar-refractivity contribution is -0.133. The Balaban J connectivity index is 2.18. The lowest BCUT2D eigenvalue weighted by atomic mass is 9.97. The fourth-order valence-corrected chi connectivity index (χ4v) is 3.77. The van der Waals surface area contributed by atoms with E-state index in [-0.39, 0.29) is 16.5 Å². The van der Waals surface area contributed by atoms with Crippen LogP contribution < -0.4 is 5.32 Å². The van der Waals surface area contributed by atoms with E-state index in [2.05, 4.69) is 44.2 Å². The van der Waals surface area contributed by atoms with Crippen LogP contribution in [-0.2, 0) is 4.79 Å². The van der Waals surface area contributed by atoms with Gasteiger partial charge in [-0.3, -0.25) is 10.1 Å². The Morgan fingerprint density at radius 1 is 1.40 bits per heavy atom. The van der Waals surface area contributed by atoms with E-state index in [9.17, 15) is 4.79 Å². The van der Waals surface area contributed by atoms with Crippen LogP contribution in [0, 0.1) is 5.92 Å². The average Bonchev–Trinajstić information content (AvgIpc) is 2.91. The zero-order valence-electron chi connectivity index (χ0n) is 13.7. The molecule has 2 fully saturated rings. The van der Waals surface area contributed by atoms with Crippen LogP contribution in [0.3, 0.4) is 0 Å². The Morgan fingerprint density at radius 3 is 2.50 bits per heavy atom. The van der Waals surface area contributed by atoms with Gasteiger partial charge < -0.3 is 4.90 Å². The molecule has 20 heavy (non-hydrogen) atoms. The topological polar surface area (TPSA) is 32.3 Å². The summed E-state index contributed by atoms with van der Waals surface area (Å²) in [6.45, 7) is 9.79. The molecule has 4 heteroatoms. The first-order valence-corrected chi connectivity index (χ1v) is 9.16. The van der Waals surface area contributed by atoms with E-state index >= 15 is 0 Å². The Morgan fingerprint density at radius 2 is 2.00 bits per heavy atom. The number of rotatable bonds is 5. The van der Waals surface area contributed by atoms with Gasteiger partial charge in [0.25, 0.3) is 0 Å². The third kappa shape index (κ3) is 3.16. The van der Waals surface area contributed by atoms with Gasteiger partial charge in [0.1, 0.15) is 0 Å². The molecule has 0 aromatic rings. The average molecular weight is 298 g/mol. The van der Waals surface area contributed by atoms with Crippen molar-refractivity contribution in [2.45, 2.75) is 76.3 Å². The summed E-state index contributed by atoms with van der Waals surface area (Å²) < 4.78 is 0.122. The van der Waals surface area contributed by atoms with Crippen LogP contribution in [0.2, 0.25) is 0 Å². The highest BCUT2D eigenvalue weighted by Crippen LogP contribution is 2.39. The Labute approximate surface area is 128 Å². The predicted octanol–water partition coefficient (Wildman–Crippen LogP) is 3.24. The molecule has 1 heterocycles. The minimum Gasteiger partial charge on any atom is -0.324 e. The summed E-state index contributed by atoms with van der Waals surface area (Å²) in [5.41, 5.74) is -0.228. The minimum atomic E-state index is -0.228. The van der Waals surface area contributed by atoms with Gasteiger partial charge >= 0.3 is 0 Å². The maximum Gasteiger partial charge on any atom is 0.244 e. The highest BCUT2D eigenvalue weighted by molar-refractivity contribution is 7.99. The smallest absolute Gasteiger partial charge is 0.244 e. The van der Waals surface area contributed by atoms with Crippen molar-refractivity contribution in [1.82, 2.24) is 10.2 Å². The molecule has 0 aromatic heterocycles. The van der Waals surface area contributed by atoms with E-state index in [1.165, 1.54) is 12.8 Å². The molecule has 1 atom stereocenters. The largest absolute Gasteiger partial charge is 0.324 e. The monoisotopic (exact) mass is 298 g/mol. The van der Waals surface area contributed by atoms with Crippen LogP contribution in [0.1, 0.15) is 59.8 Å². The number of carbonyl (C=O) groups is 1. The molecule has 3 nitrogen and oxygen atoms in total. The van der Waals surface area contributed by atoms with Gasteiger partial charge in [-0.2, -0.15) is 11.8 Å². The third-order valence-corrected chi connectivity index (χ3v) is 5.98. The summed E-state index contributed by atoms with van der Waals surface area (Å²) in [6.07, 6.45) is 7.84. The molecule has 0 aromatic carbocycles. The van der Waals surface area contributed by atoms with Crippen molar-refractivity contribution in [3.05, 3.63) is 0 Å². The van der Waals surface area contributed by atoms with Crippen LogP contribution in [-0.4, -0.2) is 40.1 Å². The first kappa shape index (κ1) is 16.2. The van der Waals surface area contributed by atoms with Crippen LogP contribution in [0.15, 0.2) is 0 Å². The molecule has 0 radical (unpaired) electrons. The molecule has 1 aliphatic carbocycles. The highest BCUT2D eigenvalue weighted by Gasteiger charge is 2.52. The van der Waals surface area contributed by atoms with Gasteiger partial charge in [0.05, 0.1) is 11.7 Å². The molecular weight excluding hydrogens is 268 g/mol. The molecule has 1 aliphatic heterocycles. The van der Waals surface area contributed by atoms with Gasteiger partial charge in [0, 0.05) is 11.3 Å². The van der Waals surface area contributed by atoms with E-state index in [1.807, 2.05) is 11.8 Å². The van der Waals surface area contributed by atoms with Gasteiger partial charge in [0.2, 0.25) is 5.91 Å². The van der Waals surface area contributed by atoms with Gasteiger partial charge in [-0.25, -0.2) is 0 Å². The lowest BCUT2D eigenvalue weighted by Gasteiger charge is -2.33. The first-order valence-electron chi connectivity index (χ1n) is 7.94. The van der Waals surface area contributed by atoms with Crippen molar-refractivity contribution < 1.29 is 4.79 Å². The summed E-state index contributed by atoms with van der Waals surface area (Å²) in [5.74, 6) is 0.972. The zero-order valence-corrected chi connectivity index (χ0v) is 14.5. The number of thioether (sulfide) groups is 1. The second-order valence-electron chi connectivity index (χ2n) is 7.48. The van der Waals surface area contributed by atoms with E-state index in [0.29, 0.717) is 11.8 Å². The molecular formula is C16H30N2OS. The SMILES string of the molecule is CSC(C)(C)CN1C(=O)C2(CCCC2)NC1CC(C)C. The molecule has 116 valence electrons. The minimum absolute atomic E-state index is 0.122. The lowest BCUT2D eigenvalue weighted by Crippen LogP contribution is -2.45. The maximum atomic E-state index is 13.0. The summed E-state index contributed by atoms with van der Waals surface area (Å²) in [5, 5.41) is 3.71. The van der Waals surface area contributed by atoms with Gasteiger partial charge in [0.15, 0.2) is 0 Å². The number of amides is 1. The molecule has 1 saturated carbocycles. The van der Waals surface area contributed by atoms with Crippen LogP contribution in [0.25, 0.3) is 0 Å². The fourth-order valence-electron chi connectivity index (χ4n) is 3.50. The van der Waals surface area contributed by atoms with Crippen molar-refractivity contribution in [1.29, 1.82) is 0 Å².